The van der Waals surface area contributed by atoms with Crippen LogP contribution >= 0.6 is 0 Å². The second kappa shape index (κ2) is 5.82. The van der Waals surface area contributed by atoms with E-state index in [1.54, 1.807) is 6.92 Å². The number of nitrogens with one attached hydrogen (secondary N) is 1. The van der Waals surface area contributed by atoms with Gasteiger partial charge in [-0.2, -0.15) is 18.7 Å². The molecule has 1 unspecified atom stereocenters. The van der Waals surface area contributed by atoms with Gasteiger partial charge in [0.2, 0.25) is 0 Å². The summed E-state index contributed by atoms with van der Waals surface area (Å²) < 4.78 is 39.2. The van der Waals surface area contributed by atoms with Crippen molar-refractivity contribution in [3.63, 3.8) is 0 Å². The fourth-order valence-electron chi connectivity index (χ4n) is 0.564. The lowest BCUT2D eigenvalue weighted by Crippen LogP contribution is -2.37. The molecule has 0 amide bonds. The monoisotopic (exact) mass is 215 g/mol. The van der Waals surface area contributed by atoms with Crippen molar-refractivity contribution in [2.24, 2.45) is 0 Å². The Morgan fingerprint density at radius 3 is 2.50 bits per heavy atom. The van der Waals surface area contributed by atoms with E-state index in [-0.39, 0.29) is 6.61 Å². The van der Waals surface area contributed by atoms with Gasteiger partial charge >= 0.3 is 12.1 Å². The van der Waals surface area contributed by atoms with Crippen LogP contribution in [0.15, 0.2) is 0 Å². The van der Waals surface area contributed by atoms with Crippen molar-refractivity contribution < 1.29 is 27.5 Å². The van der Waals surface area contributed by atoms with Crippen LogP contribution < -0.4 is 5.48 Å². The van der Waals surface area contributed by atoms with Crippen LogP contribution in [0.4, 0.5) is 13.2 Å². The maximum atomic E-state index is 11.6. The summed E-state index contributed by atoms with van der Waals surface area (Å²) >= 11 is 0. The molecular formula is C7H12F3NO3. The Morgan fingerprint density at radius 1 is 1.50 bits per heavy atom. The average molecular weight is 215 g/mol. The van der Waals surface area contributed by atoms with Crippen LogP contribution in [0, 0.1) is 0 Å². The molecule has 0 rings (SSSR count). The summed E-state index contributed by atoms with van der Waals surface area (Å²) in [4.78, 5) is 14.9. The number of esters is 1. The fraction of sp³-hybridized carbons (Fsp3) is 0.857. The average Bonchev–Trinajstić information content (AvgIpc) is 2.02. The minimum Gasteiger partial charge on any atom is -0.465 e. The molecule has 0 aliphatic rings. The van der Waals surface area contributed by atoms with E-state index in [4.69, 9.17) is 0 Å². The lowest BCUT2D eigenvalue weighted by Gasteiger charge is -2.13. The van der Waals surface area contributed by atoms with Gasteiger partial charge in [0.05, 0.1) is 6.61 Å². The Bertz CT molecular complexity index is 184. The van der Waals surface area contributed by atoms with Crippen LogP contribution in [0.3, 0.4) is 0 Å². The second-order valence-corrected chi connectivity index (χ2v) is 2.50. The predicted molar refractivity (Wildman–Crippen MR) is 41.2 cm³/mol. The zero-order chi connectivity index (χ0) is 11.2. The van der Waals surface area contributed by atoms with E-state index in [0.717, 1.165) is 0 Å². The maximum absolute atomic E-state index is 11.6. The summed E-state index contributed by atoms with van der Waals surface area (Å²) in [5.41, 5.74) is 1.93. The van der Waals surface area contributed by atoms with Crippen molar-refractivity contribution in [3.8, 4) is 0 Å². The topological polar surface area (TPSA) is 47.6 Å². The van der Waals surface area contributed by atoms with Gasteiger partial charge in [-0.15, -0.1) is 0 Å². The zero-order valence-corrected chi connectivity index (χ0v) is 7.85. The van der Waals surface area contributed by atoms with Gasteiger partial charge in [-0.25, -0.2) is 0 Å². The Balaban J connectivity index is 3.63. The molecule has 1 N–H and O–H groups in total. The highest BCUT2D eigenvalue weighted by molar-refractivity contribution is 5.74. The molecule has 0 aromatic heterocycles. The largest absolute Gasteiger partial charge is 0.465 e. The smallest absolute Gasteiger partial charge is 0.413 e. The van der Waals surface area contributed by atoms with Gasteiger partial charge in [0.15, 0.2) is 6.61 Å². The Morgan fingerprint density at radius 2 is 2.07 bits per heavy atom. The standard InChI is InChI=1S/C7H12F3NO3/c1-3-13-6(12)5(2)11-14-4-7(8,9)10/h5,11H,3-4H2,1-2H3. The number of carbonyl (C=O) groups is 1. The molecule has 0 fully saturated rings. The molecule has 4 nitrogen and oxygen atoms in total. The van der Waals surface area contributed by atoms with E-state index in [1.165, 1.54) is 6.92 Å². The lowest BCUT2D eigenvalue weighted by molar-refractivity contribution is -0.195. The van der Waals surface area contributed by atoms with Crippen LogP contribution in [0.25, 0.3) is 0 Å². The van der Waals surface area contributed by atoms with Gasteiger partial charge in [0, 0.05) is 0 Å². The molecule has 84 valence electrons. The highest BCUT2D eigenvalue weighted by Crippen LogP contribution is 2.13. The summed E-state index contributed by atoms with van der Waals surface area (Å²) in [6.45, 7) is 1.66. The lowest BCUT2D eigenvalue weighted by atomic mass is 10.4. The van der Waals surface area contributed by atoms with Crippen molar-refractivity contribution in [2.45, 2.75) is 26.1 Å². The molecule has 0 saturated carbocycles. The predicted octanol–water partition coefficient (Wildman–Crippen LogP) is 1.02. The summed E-state index contributed by atoms with van der Waals surface area (Å²) in [6.07, 6.45) is -4.42. The first-order valence-electron chi connectivity index (χ1n) is 3.97. The van der Waals surface area contributed by atoms with Gasteiger partial charge in [-0.3, -0.25) is 9.63 Å². The molecule has 0 radical (unpaired) electrons. The quantitative estimate of drug-likeness (QED) is 0.549. The first kappa shape index (κ1) is 13.2. The highest BCUT2D eigenvalue weighted by Gasteiger charge is 2.28. The fourth-order valence-corrected chi connectivity index (χ4v) is 0.564. The molecule has 0 aliphatic carbocycles. The van der Waals surface area contributed by atoms with Crippen molar-refractivity contribution in [3.05, 3.63) is 0 Å². The van der Waals surface area contributed by atoms with E-state index in [0.29, 0.717) is 0 Å². The molecule has 0 saturated heterocycles. The number of ether oxygens (including phenoxy) is 1. The summed E-state index contributed by atoms with van der Waals surface area (Å²) in [5.74, 6) is -0.658. The van der Waals surface area contributed by atoms with Crippen molar-refractivity contribution in [1.29, 1.82) is 0 Å². The first-order chi connectivity index (χ1) is 6.37. The van der Waals surface area contributed by atoms with Gasteiger partial charge in [-0.1, -0.05) is 0 Å². The highest BCUT2D eigenvalue weighted by atomic mass is 19.4. The number of halogens is 3. The zero-order valence-electron chi connectivity index (χ0n) is 7.85. The van der Waals surface area contributed by atoms with Gasteiger partial charge in [0.1, 0.15) is 6.04 Å². The van der Waals surface area contributed by atoms with Crippen molar-refractivity contribution >= 4 is 5.97 Å². The Labute approximate surface area is 79.3 Å². The van der Waals surface area contributed by atoms with Crippen LogP contribution in [-0.2, 0) is 14.4 Å². The van der Waals surface area contributed by atoms with Crippen molar-refractivity contribution in [2.75, 3.05) is 13.2 Å². The van der Waals surface area contributed by atoms with E-state index < -0.39 is 24.8 Å². The van der Waals surface area contributed by atoms with Crippen LogP contribution in [0.5, 0.6) is 0 Å². The van der Waals surface area contributed by atoms with Crippen LogP contribution in [-0.4, -0.2) is 31.4 Å². The van der Waals surface area contributed by atoms with E-state index in [1.807, 2.05) is 5.48 Å². The summed E-state index contributed by atoms with van der Waals surface area (Å²) in [5, 5.41) is 0. The summed E-state index contributed by atoms with van der Waals surface area (Å²) in [6, 6.07) is -0.919. The third-order valence-corrected chi connectivity index (χ3v) is 1.14. The van der Waals surface area contributed by atoms with Gasteiger partial charge < -0.3 is 4.74 Å². The number of alkyl halides is 3. The minimum atomic E-state index is -4.42. The van der Waals surface area contributed by atoms with E-state index >= 15 is 0 Å². The first-order valence-corrected chi connectivity index (χ1v) is 3.97. The SMILES string of the molecule is CCOC(=O)C(C)NOCC(F)(F)F. The van der Waals surface area contributed by atoms with E-state index in [2.05, 4.69) is 9.57 Å². The van der Waals surface area contributed by atoms with Crippen molar-refractivity contribution in [1.82, 2.24) is 5.48 Å². The maximum Gasteiger partial charge on any atom is 0.413 e. The molecule has 1 atom stereocenters. The molecule has 7 heteroatoms. The molecule has 0 aliphatic heterocycles. The van der Waals surface area contributed by atoms with Crippen LogP contribution in [0.1, 0.15) is 13.8 Å². The van der Waals surface area contributed by atoms with Gasteiger partial charge in [-0.05, 0) is 13.8 Å². The third kappa shape index (κ3) is 6.67. The minimum absolute atomic E-state index is 0.171. The van der Waals surface area contributed by atoms with E-state index in [9.17, 15) is 18.0 Å². The van der Waals surface area contributed by atoms with Crippen LogP contribution in [0.2, 0.25) is 0 Å². The summed E-state index contributed by atoms with van der Waals surface area (Å²) in [7, 11) is 0. The normalized spacial score (nSPS) is 13.8. The Kier molecular flexibility index (Phi) is 5.47. The second-order valence-electron chi connectivity index (χ2n) is 2.50. The number of hydrogen-bond acceptors (Lipinski definition) is 4. The molecule has 0 heterocycles. The number of hydroxylamine groups is 1. The Hall–Kier alpha value is -0.820. The number of hydrogen-bond donors (Lipinski definition) is 1. The molecule has 0 spiro atoms. The number of rotatable bonds is 5. The van der Waals surface area contributed by atoms with Gasteiger partial charge in [0.25, 0.3) is 0 Å². The molecule has 0 aromatic rings. The molecule has 0 bridgehead atoms. The molecular weight excluding hydrogens is 203 g/mol. The number of carbonyl (C=O) groups excluding carboxylic acids is 1. The third-order valence-electron chi connectivity index (χ3n) is 1.14. The molecule has 0 aromatic carbocycles. The molecule has 14 heavy (non-hydrogen) atoms.